The third kappa shape index (κ3) is 2.00. The predicted molar refractivity (Wildman–Crippen MR) is 71.5 cm³/mol. The van der Waals surface area contributed by atoms with Gasteiger partial charge in [0.2, 0.25) is 0 Å². The second-order valence-electron chi connectivity index (χ2n) is 6.04. The van der Waals surface area contributed by atoms with Crippen LogP contribution in [-0.4, -0.2) is 54.6 Å². The van der Waals surface area contributed by atoms with Crippen LogP contribution in [0.1, 0.15) is 32.6 Å². The molecule has 102 valence electrons. The minimum atomic E-state index is 0.316. The van der Waals surface area contributed by atoms with E-state index in [9.17, 15) is 4.79 Å². The summed E-state index contributed by atoms with van der Waals surface area (Å²) in [4.78, 5) is 16.9. The molecule has 3 rings (SSSR count). The lowest BCUT2D eigenvalue weighted by atomic mass is 9.93. The number of hydrogen-bond acceptors (Lipinski definition) is 2. The third-order valence-corrected chi connectivity index (χ3v) is 5.01. The van der Waals surface area contributed by atoms with Crippen LogP contribution in [0.5, 0.6) is 0 Å². The molecule has 3 unspecified atom stereocenters. The van der Waals surface area contributed by atoms with Crippen LogP contribution < -0.4 is 5.32 Å². The number of likely N-dealkylation sites (tertiary alicyclic amines) is 2. The van der Waals surface area contributed by atoms with Crippen molar-refractivity contribution in [2.75, 3.05) is 32.7 Å². The van der Waals surface area contributed by atoms with Gasteiger partial charge in [-0.25, -0.2) is 4.79 Å². The van der Waals surface area contributed by atoms with E-state index in [2.05, 4.69) is 22.0 Å². The van der Waals surface area contributed by atoms with Crippen molar-refractivity contribution < 1.29 is 4.79 Å². The van der Waals surface area contributed by atoms with Crippen molar-refractivity contribution in [3.63, 3.8) is 0 Å². The Labute approximate surface area is 110 Å². The highest BCUT2D eigenvalue weighted by Crippen LogP contribution is 2.35. The van der Waals surface area contributed by atoms with E-state index in [1.807, 2.05) is 0 Å². The molecule has 18 heavy (non-hydrogen) atoms. The predicted octanol–water partition coefficient (Wildman–Crippen LogP) is 1.52. The van der Waals surface area contributed by atoms with Gasteiger partial charge in [-0.1, -0.05) is 6.92 Å². The van der Waals surface area contributed by atoms with Crippen molar-refractivity contribution in [1.29, 1.82) is 0 Å². The number of amides is 2. The Morgan fingerprint density at radius 3 is 2.72 bits per heavy atom. The maximum Gasteiger partial charge on any atom is 0.320 e. The number of carbonyl (C=O) groups excluding carboxylic acids is 1. The lowest BCUT2D eigenvalue weighted by Gasteiger charge is -2.34. The summed E-state index contributed by atoms with van der Waals surface area (Å²) in [5, 5.41) is 3.48. The average molecular weight is 251 g/mol. The van der Waals surface area contributed by atoms with E-state index in [1.54, 1.807) is 0 Å². The molecule has 0 aliphatic carbocycles. The van der Waals surface area contributed by atoms with Crippen molar-refractivity contribution in [3.05, 3.63) is 0 Å². The van der Waals surface area contributed by atoms with Crippen LogP contribution in [0.25, 0.3) is 0 Å². The second-order valence-corrected chi connectivity index (χ2v) is 6.04. The van der Waals surface area contributed by atoms with Gasteiger partial charge in [0.15, 0.2) is 0 Å². The summed E-state index contributed by atoms with van der Waals surface area (Å²) in [7, 11) is 0. The quantitative estimate of drug-likeness (QED) is 0.767. The van der Waals surface area contributed by atoms with Crippen molar-refractivity contribution in [3.8, 4) is 0 Å². The Bertz CT molecular complexity index is 314. The van der Waals surface area contributed by atoms with Crippen molar-refractivity contribution in [2.45, 2.75) is 38.6 Å². The molecule has 4 nitrogen and oxygen atoms in total. The molecule has 3 saturated heterocycles. The first-order chi connectivity index (χ1) is 8.81. The zero-order valence-electron chi connectivity index (χ0n) is 11.4. The second kappa shape index (κ2) is 5.08. The number of piperidine rings is 1. The number of hydrogen-bond donors (Lipinski definition) is 1. The van der Waals surface area contributed by atoms with Crippen molar-refractivity contribution in [2.24, 2.45) is 11.8 Å². The zero-order valence-corrected chi connectivity index (χ0v) is 11.4. The normalized spacial score (nSPS) is 35.9. The topological polar surface area (TPSA) is 35.6 Å². The molecule has 0 aromatic heterocycles. The van der Waals surface area contributed by atoms with Gasteiger partial charge in [0.1, 0.15) is 0 Å². The van der Waals surface area contributed by atoms with Crippen LogP contribution in [0.15, 0.2) is 0 Å². The first-order valence-electron chi connectivity index (χ1n) is 7.57. The molecule has 0 saturated carbocycles. The first kappa shape index (κ1) is 12.3. The number of carbonyl (C=O) groups is 1. The molecule has 3 aliphatic heterocycles. The Kier molecular flexibility index (Phi) is 3.46. The summed E-state index contributed by atoms with van der Waals surface area (Å²) in [6, 6.07) is 0.787. The highest BCUT2D eigenvalue weighted by atomic mass is 16.2. The largest absolute Gasteiger partial charge is 0.325 e. The molecule has 3 heterocycles. The number of nitrogens with one attached hydrogen (secondary N) is 1. The molecule has 2 amide bonds. The number of rotatable bonds is 1. The molecule has 0 radical (unpaired) electrons. The number of fused-ring (bicyclic) bond motifs is 1. The molecule has 4 heteroatoms. The maximum absolute atomic E-state index is 12.6. The fourth-order valence-electron chi connectivity index (χ4n) is 4.03. The van der Waals surface area contributed by atoms with Crippen LogP contribution in [-0.2, 0) is 0 Å². The standard InChI is InChI=1S/C14H25N3O/c1-2-13-12-9-15-8-11(12)10-17(13)14(18)16-6-4-3-5-7-16/h11-13,15H,2-10H2,1H3. The number of nitrogens with zero attached hydrogens (tertiary/aromatic N) is 2. The molecule has 0 aromatic carbocycles. The van der Waals surface area contributed by atoms with Gasteiger partial charge in [0.25, 0.3) is 0 Å². The van der Waals surface area contributed by atoms with Gasteiger partial charge >= 0.3 is 6.03 Å². The summed E-state index contributed by atoms with van der Waals surface area (Å²) >= 11 is 0. The monoisotopic (exact) mass is 251 g/mol. The number of urea groups is 1. The fraction of sp³-hybridized carbons (Fsp3) is 0.929. The summed E-state index contributed by atoms with van der Waals surface area (Å²) in [5.41, 5.74) is 0. The van der Waals surface area contributed by atoms with Crippen molar-refractivity contribution >= 4 is 6.03 Å². The van der Waals surface area contributed by atoms with Crippen LogP contribution in [0.4, 0.5) is 4.79 Å². The van der Waals surface area contributed by atoms with E-state index in [1.165, 1.54) is 19.3 Å². The van der Waals surface area contributed by atoms with E-state index in [4.69, 9.17) is 0 Å². The first-order valence-corrected chi connectivity index (χ1v) is 7.57. The fourth-order valence-corrected chi connectivity index (χ4v) is 4.03. The minimum Gasteiger partial charge on any atom is -0.325 e. The van der Waals surface area contributed by atoms with Crippen LogP contribution in [0, 0.1) is 11.8 Å². The molecule has 3 fully saturated rings. The maximum atomic E-state index is 12.6. The molecule has 0 spiro atoms. The molecular weight excluding hydrogens is 226 g/mol. The van der Waals surface area contributed by atoms with Gasteiger partial charge in [-0.3, -0.25) is 0 Å². The van der Waals surface area contributed by atoms with Gasteiger partial charge in [-0.15, -0.1) is 0 Å². The molecule has 1 N–H and O–H groups in total. The molecular formula is C14H25N3O. The van der Waals surface area contributed by atoms with Gasteiger partial charge < -0.3 is 15.1 Å². The summed E-state index contributed by atoms with van der Waals surface area (Å²) < 4.78 is 0. The van der Waals surface area contributed by atoms with Crippen LogP contribution >= 0.6 is 0 Å². The Morgan fingerprint density at radius 1 is 1.22 bits per heavy atom. The third-order valence-electron chi connectivity index (χ3n) is 5.01. The van der Waals surface area contributed by atoms with Gasteiger partial charge in [0, 0.05) is 38.8 Å². The van der Waals surface area contributed by atoms with Crippen LogP contribution in [0.2, 0.25) is 0 Å². The summed E-state index contributed by atoms with van der Waals surface area (Å²) in [5.74, 6) is 1.40. The van der Waals surface area contributed by atoms with Gasteiger partial charge in [-0.2, -0.15) is 0 Å². The van der Waals surface area contributed by atoms with E-state index >= 15 is 0 Å². The lowest BCUT2D eigenvalue weighted by molar-refractivity contribution is 0.132. The Morgan fingerprint density at radius 2 is 2.00 bits per heavy atom. The highest BCUT2D eigenvalue weighted by Gasteiger charge is 2.45. The summed E-state index contributed by atoms with van der Waals surface area (Å²) in [6.07, 6.45) is 4.76. The summed E-state index contributed by atoms with van der Waals surface area (Å²) in [6.45, 7) is 7.35. The van der Waals surface area contributed by atoms with Gasteiger partial charge in [0.05, 0.1) is 0 Å². The van der Waals surface area contributed by atoms with Crippen molar-refractivity contribution in [1.82, 2.24) is 15.1 Å². The van der Waals surface area contributed by atoms with Gasteiger partial charge in [-0.05, 0) is 37.5 Å². The Balaban J connectivity index is 1.69. The van der Waals surface area contributed by atoms with Crippen LogP contribution in [0.3, 0.4) is 0 Å². The van der Waals surface area contributed by atoms with E-state index in [0.29, 0.717) is 23.9 Å². The highest BCUT2D eigenvalue weighted by molar-refractivity contribution is 5.75. The average Bonchev–Trinajstić information content (AvgIpc) is 2.98. The smallest absolute Gasteiger partial charge is 0.320 e. The lowest BCUT2D eigenvalue weighted by Crippen LogP contribution is -2.48. The Hall–Kier alpha value is -0.770. The molecule has 0 bridgehead atoms. The van der Waals surface area contributed by atoms with E-state index < -0.39 is 0 Å². The molecule has 3 aliphatic rings. The van der Waals surface area contributed by atoms with E-state index in [-0.39, 0.29) is 0 Å². The molecule has 0 aromatic rings. The molecule has 3 atom stereocenters. The minimum absolute atomic E-state index is 0.316. The SMILES string of the molecule is CCC1C2CNCC2CN1C(=O)N1CCCCC1. The zero-order chi connectivity index (χ0) is 12.5. The van der Waals surface area contributed by atoms with E-state index in [0.717, 1.165) is 39.1 Å².